The van der Waals surface area contributed by atoms with Crippen LogP contribution in [0.4, 0.5) is 0 Å². The first-order valence-corrected chi connectivity index (χ1v) is 9.11. The molecule has 0 fully saturated rings. The number of aliphatic carboxylic acids is 1. The predicted octanol–water partition coefficient (Wildman–Crippen LogP) is 3.19. The average Bonchev–Trinajstić information content (AvgIpc) is 2.88. The van der Waals surface area contributed by atoms with Crippen molar-refractivity contribution in [2.24, 2.45) is 0 Å². The average molecular weight is 365 g/mol. The van der Waals surface area contributed by atoms with Crippen LogP contribution in [-0.4, -0.2) is 47.7 Å². The number of carboxylic acids is 1. The fourth-order valence-electron chi connectivity index (χ4n) is 3.88. The molecular formula is C22H23NO4. The highest BCUT2D eigenvalue weighted by molar-refractivity contribution is 6.33. The van der Waals surface area contributed by atoms with Crippen molar-refractivity contribution in [1.29, 1.82) is 0 Å². The van der Waals surface area contributed by atoms with Gasteiger partial charge in [0.2, 0.25) is 0 Å². The maximum absolute atomic E-state index is 13.3. The Kier molecular flexibility index (Phi) is 5.51. The third kappa shape index (κ3) is 3.55. The van der Waals surface area contributed by atoms with Crippen LogP contribution in [0.3, 0.4) is 0 Å². The molecule has 1 aliphatic rings. The van der Waals surface area contributed by atoms with Gasteiger partial charge >= 0.3 is 5.97 Å². The molecule has 0 atom stereocenters. The van der Waals surface area contributed by atoms with Crippen molar-refractivity contribution in [1.82, 2.24) is 4.90 Å². The van der Waals surface area contributed by atoms with Crippen LogP contribution in [0.25, 0.3) is 0 Å². The number of benzene rings is 2. The number of ketones is 2. The lowest BCUT2D eigenvalue weighted by atomic mass is 9.72. The summed E-state index contributed by atoms with van der Waals surface area (Å²) in [5.41, 5.74) is 0.551. The van der Waals surface area contributed by atoms with E-state index in [4.69, 9.17) is 5.11 Å². The zero-order valence-electron chi connectivity index (χ0n) is 15.4. The van der Waals surface area contributed by atoms with Crippen molar-refractivity contribution in [2.75, 3.05) is 20.1 Å². The van der Waals surface area contributed by atoms with Gasteiger partial charge in [-0.2, -0.15) is 0 Å². The Morgan fingerprint density at radius 1 is 0.926 bits per heavy atom. The van der Waals surface area contributed by atoms with Crippen molar-refractivity contribution in [3.63, 3.8) is 0 Å². The minimum atomic E-state index is -1.17. The number of carboxylic acid groups (broad SMARTS) is 1. The topological polar surface area (TPSA) is 74.7 Å². The molecule has 0 spiro atoms. The van der Waals surface area contributed by atoms with Gasteiger partial charge in [-0.25, -0.2) is 0 Å². The summed E-state index contributed by atoms with van der Waals surface area (Å²) in [5, 5.41) is 8.84. The van der Waals surface area contributed by atoms with Gasteiger partial charge in [-0.3, -0.25) is 19.3 Å². The van der Waals surface area contributed by atoms with Crippen LogP contribution in [0.1, 0.15) is 45.5 Å². The van der Waals surface area contributed by atoms with Crippen LogP contribution in [0, 0.1) is 0 Å². The summed E-state index contributed by atoms with van der Waals surface area (Å²) >= 11 is 0. The van der Waals surface area contributed by atoms with E-state index in [1.54, 1.807) is 36.2 Å². The summed E-state index contributed by atoms with van der Waals surface area (Å²) in [6, 6.07) is 16.3. The number of unbranched alkanes of at least 4 members (excludes halogenated alkanes) is 1. The maximum atomic E-state index is 13.3. The molecule has 0 aromatic heterocycles. The summed E-state index contributed by atoms with van der Waals surface area (Å²) < 4.78 is 0. The normalized spacial score (nSPS) is 15.2. The molecule has 27 heavy (non-hydrogen) atoms. The summed E-state index contributed by atoms with van der Waals surface area (Å²) in [6.45, 7) is 0.583. The van der Waals surface area contributed by atoms with Gasteiger partial charge in [-0.15, -0.1) is 0 Å². The van der Waals surface area contributed by atoms with Crippen LogP contribution in [-0.2, 0) is 10.2 Å². The molecule has 0 unspecified atom stereocenters. The maximum Gasteiger partial charge on any atom is 0.317 e. The molecule has 0 amide bonds. The van der Waals surface area contributed by atoms with Gasteiger partial charge in [0.15, 0.2) is 11.6 Å². The molecule has 0 saturated carbocycles. The van der Waals surface area contributed by atoms with Gasteiger partial charge in [0.25, 0.3) is 0 Å². The van der Waals surface area contributed by atoms with Crippen molar-refractivity contribution in [3.05, 3.63) is 71.3 Å². The fraction of sp³-hybridized carbons (Fsp3) is 0.318. The molecule has 2 aromatic rings. The Morgan fingerprint density at radius 2 is 1.48 bits per heavy atom. The number of hydrogen-bond acceptors (Lipinski definition) is 4. The molecule has 0 bridgehead atoms. The summed E-state index contributed by atoms with van der Waals surface area (Å²) in [6.07, 6.45) is 1.80. The molecule has 1 N–H and O–H groups in total. The predicted molar refractivity (Wildman–Crippen MR) is 102 cm³/mol. The molecule has 0 radical (unpaired) electrons. The third-order valence-corrected chi connectivity index (χ3v) is 5.20. The van der Waals surface area contributed by atoms with Crippen LogP contribution in [0.2, 0.25) is 0 Å². The number of rotatable bonds is 8. The number of nitrogens with zero attached hydrogens (tertiary/aromatic N) is 1. The molecule has 5 nitrogen and oxygen atoms in total. The molecular weight excluding hydrogens is 342 g/mol. The van der Waals surface area contributed by atoms with Gasteiger partial charge in [-0.05, 0) is 32.0 Å². The van der Waals surface area contributed by atoms with Crippen molar-refractivity contribution in [3.8, 4) is 0 Å². The van der Waals surface area contributed by atoms with Gasteiger partial charge in [0.05, 0.1) is 6.54 Å². The standard InChI is InChI=1S/C22H23NO4/c1-23(15-19(24)25)14-8-7-13-22(16-9-3-2-4-10-16)20(26)17-11-5-6-12-18(17)21(22)27/h2-6,9-12H,7-8,13-15H2,1H3,(H,24,25). The van der Waals surface area contributed by atoms with E-state index in [-0.39, 0.29) is 18.1 Å². The Bertz CT molecular complexity index is 825. The number of carbonyl (C=O) groups excluding carboxylic acids is 2. The molecule has 0 saturated heterocycles. The number of carbonyl (C=O) groups is 3. The van der Waals surface area contributed by atoms with E-state index in [1.165, 1.54) is 0 Å². The molecule has 0 aliphatic heterocycles. The van der Waals surface area contributed by atoms with Crippen molar-refractivity contribution < 1.29 is 19.5 Å². The van der Waals surface area contributed by atoms with Crippen molar-refractivity contribution >= 4 is 17.5 Å². The SMILES string of the molecule is CN(CCCCC1(c2ccccc2)C(=O)c2ccccc2C1=O)CC(=O)O. The van der Waals surface area contributed by atoms with E-state index in [2.05, 4.69) is 0 Å². The fourth-order valence-corrected chi connectivity index (χ4v) is 3.88. The Labute approximate surface area is 158 Å². The second kappa shape index (κ2) is 7.84. The van der Waals surface area contributed by atoms with Crippen LogP contribution >= 0.6 is 0 Å². The van der Waals surface area contributed by atoms with E-state index in [9.17, 15) is 14.4 Å². The van der Waals surface area contributed by atoms with Crippen LogP contribution < -0.4 is 0 Å². The lowest BCUT2D eigenvalue weighted by Gasteiger charge is -2.27. The monoisotopic (exact) mass is 365 g/mol. The lowest BCUT2D eigenvalue weighted by molar-refractivity contribution is -0.137. The summed E-state index contributed by atoms with van der Waals surface area (Å²) in [5.74, 6) is -1.13. The minimum absolute atomic E-state index is 0.0207. The molecule has 0 heterocycles. The smallest absolute Gasteiger partial charge is 0.317 e. The first kappa shape index (κ1) is 19.0. The molecule has 2 aromatic carbocycles. The number of Topliss-reactive ketones (excluding diaryl/α,β-unsaturated/α-hetero) is 2. The second-order valence-corrected chi connectivity index (χ2v) is 7.06. The van der Waals surface area contributed by atoms with Gasteiger partial charge in [-0.1, -0.05) is 61.0 Å². The number of hydrogen-bond donors (Lipinski definition) is 1. The molecule has 140 valence electrons. The first-order chi connectivity index (χ1) is 13.0. The Hall–Kier alpha value is -2.79. The number of likely N-dealkylation sites (N-methyl/N-ethyl adjacent to an activating group) is 1. The summed E-state index contributed by atoms with van der Waals surface area (Å²) in [4.78, 5) is 39.1. The van der Waals surface area contributed by atoms with Crippen LogP contribution in [0.15, 0.2) is 54.6 Å². The first-order valence-electron chi connectivity index (χ1n) is 9.11. The minimum Gasteiger partial charge on any atom is -0.480 e. The zero-order valence-corrected chi connectivity index (χ0v) is 15.4. The van der Waals surface area contributed by atoms with E-state index < -0.39 is 11.4 Å². The molecule has 3 rings (SSSR count). The number of fused-ring (bicyclic) bond motifs is 1. The Morgan fingerprint density at radius 3 is 2.04 bits per heavy atom. The highest BCUT2D eigenvalue weighted by atomic mass is 16.4. The largest absolute Gasteiger partial charge is 0.480 e. The van der Waals surface area contributed by atoms with E-state index >= 15 is 0 Å². The van der Waals surface area contributed by atoms with E-state index in [0.29, 0.717) is 30.5 Å². The second-order valence-electron chi connectivity index (χ2n) is 7.06. The van der Waals surface area contributed by atoms with E-state index in [0.717, 1.165) is 12.0 Å². The van der Waals surface area contributed by atoms with Gasteiger partial charge < -0.3 is 5.11 Å². The highest BCUT2D eigenvalue weighted by Crippen LogP contribution is 2.43. The highest BCUT2D eigenvalue weighted by Gasteiger charge is 2.53. The molecule has 5 heteroatoms. The van der Waals surface area contributed by atoms with Gasteiger partial charge in [0, 0.05) is 11.1 Å². The lowest BCUT2D eigenvalue weighted by Crippen LogP contribution is -2.38. The van der Waals surface area contributed by atoms with Gasteiger partial charge in [0.1, 0.15) is 5.41 Å². The molecule has 1 aliphatic carbocycles. The van der Waals surface area contributed by atoms with Crippen molar-refractivity contribution in [2.45, 2.75) is 24.7 Å². The summed E-state index contributed by atoms with van der Waals surface area (Å²) in [7, 11) is 1.75. The zero-order chi connectivity index (χ0) is 19.4. The van der Waals surface area contributed by atoms with Crippen LogP contribution in [0.5, 0.6) is 0 Å². The van der Waals surface area contributed by atoms with E-state index in [1.807, 2.05) is 30.3 Å². The quantitative estimate of drug-likeness (QED) is 0.574. The Balaban J connectivity index is 1.83. The third-order valence-electron chi connectivity index (χ3n) is 5.20.